The van der Waals surface area contributed by atoms with Crippen LogP contribution in [0, 0.1) is 0 Å². The minimum absolute atomic E-state index is 0.0159. The summed E-state index contributed by atoms with van der Waals surface area (Å²) in [6, 6.07) is 9.80. The van der Waals surface area contributed by atoms with E-state index in [1.165, 1.54) is 0 Å². The lowest BCUT2D eigenvalue weighted by Gasteiger charge is -2.29. The van der Waals surface area contributed by atoms with Crippen molar-refractivity contribution in [1.82, 2.24) is 14.9 Å². The van der Waals surface area contributed by atoms with Crippen LogP contribution in [0.2, 0.25) is 0 Å². The Labute approximate surface area is 105 Å². The number of nitrogens with zero attached hydrogens (tertiary/aromatic N) is 3. The van der Waals surface area contributed by atoms with Crippen molar-refractivity contribution in [3.63, 3.8) is 0 Å². The number of hydrogen-bond acceptors (Lipinski definition) is 3. The van der Waals surface area contributed by atoms with Gasteiger partial charge in [0.2, 0.25) is 0 Å². The molecule has 0 unspecified atom stereocenters. The van der Waals surface area contributed by atoms with Crippen molar-refractivity contribution in [3.05, 3.63) is 36.0 Å². The number of amides is 1. The molecule has 0 spiro atoms. The van der Waals surface area contributed by atoms with E-state index < -0.39 is 0 Å². The van der Waals surface area contributed by atoms with E-state index in [1.54, 1.807) is 11.9 Å². The highest BCUT2D eigenvalue weighted by atomic mass is 16.2. The van der Waals surface area contributed by atoms with Crippen LogP contribution in [0.25, 0.3) is 11.4 Å². The summed E-state index contributed by atoms with van der Waals surface area (Å²) in [7, 11) is 3.71. The molecule has 1 aliphatic rings. The van der Waals surface area contributed by atoms with Gasteiger partial charge in [0.15, 0.2) is 5.82 Å². The molecule has 3 rings (SSSR count). The number of H-pyrrole nitrogens is 1. The minimum atomic E-state index is -0.0159. The Hall–Kier alpha value is -2.30. The highest BCUT2D eigenvalue weighted by molar-refractivity contribution is 5.99. The molecule has 1 aliphatic heterocycles. The van der Waals surface area contributed by atoms with Crippen LogP contribution >= 0.6 is 0 Å². The van der Waals surface area contributed by atoms with Gasteiger partial charge in [0, 0.05) is 19.7 Å². The minimum Gasteiger partial charge on any atom is -0.340 e. The largest absolute Gasteiger partial charge is 0.340 e. The molecule has 2 heterocycles. The molecule has 0 bridgehead atoms. The summed E-state index contributed by atoms with van der Waals surface area (Å²) < 4.78 is 0. The number of aromatic nitrogens is 2. The molecule has 1 amide bonds. The molecule has 92 valence electrons. The standard InChI is InChI=1S/C13H14N4O/c1-16-8-17(2)13(18)10-12(16)15-11(14-10)9-6-4-3-5-7-9/h3-7H,8H2,1-2H3,(H,14,15). The van der Waals surface area contributed by atoms with E-state index in [0.29, 0.717) is 12.4 Å². The van der Waals surface area contributed by atoms with Gasteiger partial charge in [-0.2, -0.15) is 0 Å². The molecule has 18 heavy (non-hydrogen) atoms. The molecule has 0 atom stereocenters. The lowest BCUT2D eigenvalue weighted by atomic mass is 10.2. The summed E-state index contributed by atoms with van der Waals surface area (Å²) >= 11 is 0. The summed E-state index contributed by atoms with van der Waals surface area (Å²) in [4.78, 5) is 23.3. The van der Waals surface area contributed by atoms with Gasteiger partial charge in [0.05, 0.1) is 6.67 Å². The number of benzene rings is 1. The number of nitrogens with one attached hydrogen (secondary N) is 1. The molecule has 0 aliphatic carbocycles. The summed E-state index contributed by atoms with van der Waals surface area (Å²) in [5, 5.41) is 0. The van der Waals surface area contributed by atoms with E-state index in [0.717, 1.165) is 17.2 Å². The van der Waals surface area contributed by atoms with Crippen LogP contribution in [-0.4, -0.2) is 41.5 Å². The predicted molar refractivity (Wildman–Crippen MR) is 69.4 cm³/mol. The number of fused-ring (bicyclic) bond motifs is 1. The van der Waals surface area contributed by atoms with Crippen LogP contribution in [0.4, 0.5) is 5.82 Å². The van der Waals surface area contributed by atoms with Crippen LogP contribution < -0.4 is 4.90 Å². The zero-order chi connectivity index (χ0) is 12.7. The number of carbonyl (C=O) groups is 1. The summed E-state index contributed by atoms with van der Waals surface area (Å²) in [6.07, 6.45) is 0. The molecule has 0 saturated heterocycles. The second-order valence-corrected chi connectivity index (χ2v) is 4.49. The van der Waals surface area contributed by atoms with Crippen LogP contribution in [0.5, 0.6) is 0 Å². The van der Waals surface area contributed by atoms with Gasteiger partial charge in [0.25, 0.3) is 5.91 Å². The third-order valence-electron chi connectivity index (χ3n) is 3.08. The van der Waals surface area contributed by atoms with E-state index >= 15 is 0 Å². The molecular weight excluding hydrogens is 228 g/mol. The Morgan fingerprint density at radius 3 is 2.61 bits per heavy atom. The average Bonchev–Trinajstić information content (AvgIpc) is 2.83. The molecule has 2 aromatic rings. The van der Waals surface area contributed by atoms with Gasteiger partial charge < -0.3 is 14.8 Å². The molecule has 1 aromatic carbocycles. The number of hydrogen-bond donors (Lipinski definition) is 1. The van der Waals surface area contributed by atoms with Crippen molar-refractivity contribution in [2.75, 3.05) is 25.7 Å². The van der Waals surface area contributed by atoms with Gasteiger partial charge in [-0.3, -0.25) is 4.79 Å². The molecule has 5 nitrogen and oxygen atoms in total. The molecule has 5 heteroatoms. The number of imidazole rings is 1. The van der Waals surface area contributed by atoms with Crippen LogP contribution in [-0.2, 0) is 0 Å². The van der Waals surface area contributed by atoms with Crippen LogP contribution in [0.1, 0.15) is 10.5 Å². The fraction of sp³-hybridized carbons (Fsp3) is 0.231. The Morgan fingerprint density at radius 2 is 1.89 bits per heavy atom. The van der Waals surface area contributed by atoms with Crippen molar-refractivity contribution in [2.45, 2.75) is 0 Å². The third-order valence-corrected chi connectivity index (χ3v) is 3.08. The quantitative estimate of drug-likeness (QED) is 0.825. The Bertz CT molecular complexity index is 590. The normalized spacial score (nSPS) is 14.9. The maximum absolute atomic E-state index is 12.0. The van der Waals surface area contributed by atoms with Crippen molar-refractivity contribution < 1.29 is 4.79 Å². The lowest BCUT2D eigenvalue weighted by Crippen LogP contribution is -2.42. The first-order valence-electron chi connectivity index (χ1n) is 5.79. The van der Waals surface area contributed by atoms with Crippen molar-refractivity contribution >= 4 is 11.7 Å². The zero-order valence-electron chi connectivity index (χ0n) is 10.3. The molecule has 0 fully saturated rings. The van der Waals surface area contributed by atoms with Gasteiger partial charge in [-0.25, -0.2) is 4.98 Å². The lowest BCUT2D eigenvalue weighted by molar-refractivity contribution is 0.0779. The molecule has 0 radical (unpaired) electrons. The number of rotatable bonds is 1. The Morgan fingerprint density at radius 1 is 1.17 bits per heavy atom. The van der Waals surface area contributed by atoms with E-state index in [1.807, 2.05) is 42.3 Å². The first-order valence-corrected chi connectivity index (χ1v) is 5.79. The fourth-order valence-electron chi connectivity index (χ4n) is 2.16. The zero-order valence-corrected chi connectivity index (χ0v) is 10.3. The second-order valence-electron chi connectivity index (χ2n) is 4.49. The highest BCUT2D eigenvalue weighted by Gasteiger charge is 2.28. The Kier molecular flexibility index (Phi) is 2.33. The van der Waals surface area contributed by atoms with E-state index in [9.17, 15) is 4.79 Å². The molecule has 1 aromatic heterocycles. The van der Waals surface area contributed by atoms with Gasteiger partial charge in [-0.05, 0) is 0 Å². The maximum atomic E-state index is 12.0. The third kappa shape index (κ3) is 1.55. The van der Waals surface area contributed by atoms with Gasteiger partial charge in [-0.1, -0.05) is 30.3 Å². The number of carbonyl (C=O) groups excluding carboxylic acids is 1. The predicted octanol–water partition coefficient (Wildman–Crippen LogP) is 1.56. The number of anilines is 1. The topological polar surface area (TPSA) is 52.2 Å². The van der Waals surface area contributed by atoms with Gasteiger partial charge in [-0.15, -0.1) is 0 Å². The second kappa shape index (κ2) is 3.87. The monoisotopic (exact) mass is 242 g/mol. The van der Waals surface area contributed by atoms with E-state index in [-0.39, 0.29) is 5.91 Å². The molecule has 0 saturated carbocycles. The molecule has 1 N–H and O–H groups in total. The van der Waals surface area contributed by atoms with E-state index in [2.05, 4.69) is 9.97 Å². The van der Waals surface area contributed by atoms with Crippen molar-refractivity contribution in [2.24, 2.45) is 0 Å². The van der Waals surface area contributed by atoms with Crippen LogP contribution in [0.3, 0.4) is 0 Å². The fourth-order valence-corrected chi connectivity index (χ4v) is 2.16. The molecular formula is C13H14N4O. The number of aromatic amines is 1. The maximum Gasteiger partial charge on any atom is 0.275 e. The SMILES string of the molecule is CN1CN(C)c2nc(-c3ccccc3)[nH]c2C1=O. The van der Waals surface area contributed by atoms with Crippen molar-refractivity contribution in [3.8, 4) is 11.4 Å². The highest BCUT2D eigenvalue weighted by Crippen LogP contribution is 2.27. The van der Waals surface area contributed by atoms with Gasteiger partial charge in [0.1, 0.15) is 11.5 Å². The van der Waals surface area contributed by atoms with Gasteiger partial charge >= 0.3 is 0 Å². The van der Waals surface area contributed by atoms with E-state index in [4.69, 9.17) is 0 Å². The summed E-state index contributed by atoms with van der Waals surface area (Å²) in [6.45, 7) is 0.560. The summed E-state index contributed by atoms with van der Waals surface area (Å²) in [5.41, 5.74) is 1.54. The average molecular weight is 242 g/mol. The summed E-state index contributed by atoms with van der Waals surface area (Å²) in [5.74, 6) is 1.44. The first kappa shape index (κ1) is 10.8. The first-order chi connectivity index (χ1) is 8.66. The van der Waals surface area contributed by atoms with Crippen LogP contribution in [0.15, 0.2) is 30.3 Å². The smallest absolute Gasteiger partial charge is 0.275 e. The van der Waals surface area contributed by atoms with Crippen molar-refractivity contribution in [1.29, 1.82) is 0 Å². The Balaban J connectivity index is 2.10.